The van der Waals surface area contributed by atoms with Crippen molar-refractivity contribution in [3.8, 4) is 0 Å². The Labute approximate surface area is 134 Å². The summed E-state index contributed by atoms with van der Waals surface area (Å²) in [6.07, 6.45) is 3.42. The summed E-state index contributed by atoms with van der Waals surface area (Å²) >= 11 is 0. The first-order valence-electron chi connectivity index (χ1n) is 7.70. The monoisotopic (exact) mass is 306 g/mol. The molecule has 0 bridgehead atoms. The van der Waals surface area contributed by atoms with Crippen molar-refractivity contribution in [2.45, 2.75) is 19.8 Å². The zero-order valence-electron chi connectivity index (χ0n) is 12.9. The molecule has 4 nitrogen and oxygen atoms in total. The standard InChI is InChI=1S/C19H18N2O2/c1-2-7-13-8-3-5-10-16(13)21-19(23)18(22)15-12-20-17-11-6-4-9-14(15)17/h3-6,8-12,20H,2,7H2,1H3,(H,21,23). The molecule has 1 amide bonds. The van der Waals surface area contributed by atoms with Crippen LogP contribution in [0.15, 0.2) is 54.7 Å². The quantitative estimate of drug-likeness (QED) is 0.554. The molecule has 0 aliphatic heterocycles. The van der Waals surface area contributed by atoms with Crippen molar-refractivity contribution in [1.29, 1.82) is 0 Å². The molecule has 1 heterocycles. The Morgan fingerprint density at radius 3 is 2.61 bits per heavy atom. The van der Waals surface area contributed by atoms with Crippen LogP contribution in [0.2, 0.25) is 0 Å². The van der Waals surface area contributed by atoms with Crippen LogP contribution in [0.3, 0.4) is 0 Å². The average molecular weight is 306 g/mol. The molecule has 23 heavy (non-hydrogen) atoms. The number of carbonyl (C=O) groups is 2. The van der Waals surface area contributed by atoms with Gasteiger partial charge in [0.1, 0.15) is 0 Å². The van der Waals surface area contributed by atoms with E-state index in [-0.39, 0.29) is 0 Å². The maximum absolute atomic E-state index is 12.5. The van der Waals surface area contributed by atoms with E-state index in [1.807, 2.05) is 48.5 Å². The second kappa shape index (κ2) is 6.48. The van der Waals surface area contributed by atoms with E-state index in [1.165, 1.54) is 0 Å². The van der Waals surface area contributed by atoms with Crippen LogP contribution in [0.4, 0.5) is 5.69 Å². The van der Waals surface area contributed by atoms with E-state index in [4.69, 9.17) is 0 Å². The summed E-state index contributed by atoms with van der Waals surface area (Å²) in [5, 5.41) is 3.50. The molecule has 3 rings (SSSR count). The molecule has 0 aliphatic rings. The first-order valence-corrected chi connectivity index (χ1v) is 7.70. The maximum atomic E-state index is 12.5. The molecule has 0 aliphatic carbocycles. The zero-order valence-corrected chi connectivity index (χ0v) is 12.9. The molecule has 1 aromatic heterocycles. The van der Waals surface area contributed by atoms with Crippen LogP contribution in [0.25, 0.3) is 10.9 Å². The minimum Gasteiger partial charge on any atom is -0.360 e. The lowest BCUT2D eigenvalue weighted by Crippen LogP contribution is -2.23. The Bertz CT molecular complexity index is 864. The van der Waals surface area contributed by atoms with E-state index in [0.717, 1.165) is 29.3 Å². The number of rotatable bonds is 5. The number of ketones is 1. The zero-order chi connectivity index (χ0) is 16.2. The highest BCUT2D eigenvalue weighted by Crippen LogP contribution is 2.20. The van der Waals surface area contributed by atoms with Gasteiger partial charge in [-0.15, -0.1) is 0 Å². The number of para-hydroxylation sites is 2. The van der Waals surface area contributed by atoms with Gasteiger partial charge in [-0.2, -0.15) is 0 Å². The van der Waals surface area contributed by atoms with E-state index in [1.54, 1.807) is 6.20 Å². The normalized spacial score (nSPS) is 10.7. The summed E-state index contributed by atoms with van der Waals surface area (Å²) in [6.45, 7) is 2.08. The van der Waals surface area contributed by atoms with Crippen molar-refractivity contribution < 1.29 is 9.59 Å². The van der Waals surface area contributed by atoms with Crippen LogP contribution >= 0.6 is 0 Å². The SMILES string of the molecule is CCCc1ccccc1NC(=O)C(=O)c1c[nH]c2ccccc12. The minimum absolute atomic E-state index is 0.395. The number of benzene rings is 2. The second-order valence-corrected chi connectivity index (χ2v) is 5.44. The summed E-state index contributed by atoms with van der Waals surface area (Å²) in [7, 11) is 0. The first-order chi connectivity index (χ1) is 11.2. The molecule has 0 radical (unpaired) electrons. The number of fused-ring (bicyclic) bond motifs is 1. The summed E-state index contributed by atoms with van der Waals surface area (Å²) in [5.41, 5.74) is 2.98. The van der Waals surface area contributed by atoms with Gasteiger partial charge >= 0.3 is 0 Å². The third-order valence-corrected chi connectivity index (χ3v) is 3.83. The third-order valence-electron chi connectivity index (χ3n) is 3.83. The Hall–Kier alpha value is -2.88. The molecular weight excluding hydrogens is 288 g/mol. The molecule has 0 spiro atoms. The van der Waals surface area contributed by atoms with Crippen LogP contribution in [-0.4, -0.2) is 16.7 Å². The smallest absolute Gasteiger partial charge is 0.296 e. The molecule has 2 N–H and O–H groups in total. The minimum atomic E-state index is -0.613. The molecule has 4 heteroatoms. The third kappa shape index (κ3) is 3.01. The summed E-state index contributed by atoms with van der Waals surface area (Å²) < 4.78 is 0. The van der Waals surface area contributed by atoms with Crippen molar-refractivity contribution >= 4 is 28.3 Å². The Morgan fingerprint density at radius 1 is 1.04 bits per heavy atom. The topological polar surface area (TPSA) is 62.0 Å². The summed E-state index contributed by atoms with van der Waals surface area (Å²) in [6, 6.07) is 15.0. The highest BCUT2D eigenvalue weighted by Gasteiger charge is 2.20. The number of anilines is 1. The second-order valence-electron chi connectivity index (χ2n) is 5.44. The van der Waals surface area contributed by atoms with Gasteiger partial charge in [0.05, 0.1) is 5.56 Å². The number of aryl methyl sites for hydroxylation is 1. The lowest BCUT2D eigenvalue weighted by molar-refractivity contribution is -0.112. The lowest BCUT2D eigenvalue weighted by atomic mass is 10.1. The lowest BCUT2D eigenvalue weighted by Gasteiger charge is -2.09. The van der Waals surface area contributed by atoms with Crippen molar-refractivity contribution in [2.24, 2.45) is 0 Å². The molecule has 0 unspecified atom stereocenters. The number of amides is 1. The van der Waals surface area contributed by atoms with Gasteiger partial charge in [-0.1, -0.05) is 49.7 Å². The van der Waals surface area contributed by atoms with Gasteiger partial charge in [0.2, 0.25) is 0 Å². The van der Waals surface area contributed by atoms with E-state index < -0.39 is 11.7 Å². The Morgan fingerprint density at radius 2 is 1.78 bits per heavy atom. The Balaban J connectivity index is 1.85. The summed E-state index contributed by atoms with van der Waals surface area (Å²) in [4.78, 5) is 27.8. The van der Waals surface area contributed by atoms with Gasteiger partial charge in [0.15, 0.2) is 0 Å². The fourth-order valence-corrected chi connectivity index (χ4v) is 2.69. The van der Waals surface area contributed by atoms with E-state index in [2.05, 4.69) is 17.2 Å². The number of nitrogens with one attached hydrogen (secondary N) is 2. The van der Waals surface area contributed by atoms with Crippen molar-refractivity contribution in [2.75, 3.05) is 5.32 Å². The molecule has 0 atom stereocenters. The van der Waals surface area contributed by atoms with Gasteiger partial charge in [-0.05, 0) is 24.1 Å². The molecule has 3 aromatic rings. The largest absolute Gasteiger partial charge is 0.360 e. The molecule has 0 saturated heterocycles. The fourth-order valence-electron chi connectivity index (χ4n) is 2.69. The van der Waals surface area contributed by atoms with E-state index in [9.17, 15) is 9.59 Å². The predicted molar refractivity (Wildman–Crippen MR) is 91.7 cm³/mol. The van der Waals surface area contributed by atoms with Crippen LogP contribution in [0, 0.1) is 0 Å². The van der Waals surface area contributed by atoms with Crippen LogP contribution in [0.5, 0.6) is 0 Å². The average Bonchev–Trinajstić information content (AvgIpc) is 3.00. The van der Waals surface area contributed by atoms with Crippen molar-refractivity contribution in [3.63, 3.8) is 0 Å². The highest BCUT2D eigenvalue weighted by atomic mass is 16.2. The molecule has 116 valence electrons. The van der Waals surface area contributed by atoms with Gasteiger partial charge < -0.3 is 10.3 Å². The van der Waals surface area contributed by atoms with Gasteiger partial charge in [-0.25, -0.2) is 0 Å². The summed E-state index contributed by atoms with van der Waals surface area (Å²) in [5.74, 6) is -1.15. The molecule has 0 fully saturated rings. The van der Waals surface area contributed by atoms with Gasteiger partial charge in [0, 0.05) is 22.8 Å². The number of aromatic amines is 1. The fraction of sp³-hybridized carbons (Fsp3) is 0.158. The van der Waals surface area contributed by atoms with Crippen LogP contribution in [0.1, 0.15) is 29.3 Å². The number of carbonyl (C=O) groups excluding carboxylic acids is 2. The highest BCUT2D eigenvalue weighted by molar-refractivity contribution is 6.48. The van der Waals surface area contributed by atoms with E-state index in [0.29, 0.717) is 11.3 Å². The predicted octanol–water partition coefficient (Wildman–Crippen LogP) is 3.94. The van der Waals surface area contributed by atoms with Crippen LogP contribution < -0.4 is 5.32 Å². The number of aromatic nitrogens is 1. The maximum Gasteiger partial charge on any atom is 0.296 e. The number of H-pyrrole nitrogens is 1. The Kier molecular flexibility index (Phi) is 4.24. The van der Waals surface area contributed by atoms with Gasteiger partial charge in [-0.3, -0.25) is 9.59 Å². The number of hydrogen-bond donors (Lipinski definition) is 2. The number of hydrogen-bond acceptors (Lipinski definition) is 2. The van der Waals surface area contributed by atoms with Gasteiger partial charge in [0.25, 0.3) is 11.7 Å². The molecule has 0 saturated carbocycles. The molecule has 2 aromatic carbocycles. The van der Waals surface area contributed by atoms with Crippen LogP contribution in [-0.2, 0) is 11.2 Å². The van der Waals surface area contributed by atoms with Crippen molar-refractivity contribution in [1.82, 2.24) is 4.98 Å². The van der Waals surface area contributed by atoms with Crippen molar-refractivity contribution in [3.05, 3.63) is 65.9 Å². The number of Topliss-reactive ketones (excluding diaryl/α,β-unsaturated/α-hetero) is 1. The first kappa shape index (κ1) is 15.0. The molecular formula is C19H18N2O2. The van der Waals surface area contributed by atoms with E-state index >= 15 is 0 Å².